The van der Waals surface area contributed by atoms with Gasteiger partial charge in [-0.25, -0.2) is 0 Å². The fourth-order valence-corrected chi connectivity index (χ4v) is 2.22. The number of aromatic nitrogens is 2. The highest BCUT2D eigenvalue weighted by molar-refractivity contribution is 5.70. The molecule has 2 aromatic heterocycles. The summed E-state index contributed by atoms with van der Waals surface area (Å²) in [6.07, 6.45) is 7.69. The summed E-state index contributed by atoms with van der Waals surface area (Å²) in [5.74, 6) is 0.948. The van der Waals surface area contributed by atoms with Crippen molar-refractivity contribution in [1.82, 2.24) is 9.97 Å². The van der Waals surface area contributed by atoms with E-state index in [1.165, 1.54) is 22.3 Å². The molecule has 0 amide bonds. The Balaban J connectivity index is 2.62. The van der Waals surface area contributed by atoms with Gasteiger partial charge >= 0.3 is 0 Å². The van der Waals surface area contributed by atoms with Gasteiger partial charge < -0.3 is 0 Å². The van der Waals surface area contributed by atoms with E-state index in [2.05, 4.69) is 49.8 Å². The van der Waals surface area contributed by atoms with Crippen molar-refractivity contribution in [2.45, 2.75) is 39.5 Å². The van der Waals surface area contributed by atoms with Crippen LogP contribution in [-0.2, 0) is 0 Å². The predicted octanol–water partition coefficient (Wildman–Crippen LogP) is 4.39. The maximum absolute atomic E-state index is 4.25. The van der Waals surface area contributed by atoms with Crippen LogP contribution in [0.2, 0.25) is 0 Å². The van der Waals surface area contributed by atoms with Crippen LogP contribution in [0.3, 0.4) is 0 Å². The number of pyridine rings is 2. The molecule has 2 heteroatoms. The largest absolute Gasteiger partial charge is 0.264 e. The topological polar surface area (TPSA) is 25.8 Å². The molecule has 0 fully saturated rings. The predicted molar refractivity (Wildman–Crippen MR) is 75.6 cm³/mol. The van der Waals surface area contributed by atoms with Crippen molar-refractivity contribution in [3.8, 4) is 11.1 Å². The molecule has 0 unspecified atom stereocenters. The first-order valence-electron chi connectivity index (χ1n) is 6.49. The lowest BCUT2D eigenvalue weighted by Gasteiger charge is -2.16. The first-order valence-corrected chi connectivity index (χ1v) is 6.49. The lowest BCUT2D eigenvalue weighted by molar-refractivity contribution is 0.848. The van der Waals surface area contributed by atoms with Gasteiger partial charge in [-0.1, -0.05) is 27.7 Å². The molecule has 2 nitrogen and oxygen atoms in total. The van der Waals surface area contributed by atoms with Gasteiger partial charge in [0.2, 0.25) is 0 Å². The average Bonchev–Trinajstić information content (AvgIpc) is 2.38. The van der Waals surface area contributed by atoms with Gasteiger partial charge in [-0.2, -0.15) is 0 Å². The molecule has 0 saturated carbocycles. The van der Waals surface area contributed by atoms with Crippen LogP contribution in [-0.4, -0.2) is 9.97 Å². The van der Waals surface area contributed by atoms with Crippen LogP contribution in [0.4, 0.5) is 0 Å². The van der Waals surface area contributed by atoms with Crippen molar-refractivity contribution in [3.63, 3.8) is 0 Å². The maximum Gasteiger partial charge on any atom is 0.0308 e. The normalized spacial score (nSPS) is 11.2. The summed E-state index contributed by atoms with van der Waals surface area (Å²) < 4.78 is 0. The Morgan fingerprint density at radius 3 is 1.44 bits per heavy atom. The summed E-state index contributed by atoms with van der Waals surface area (Å²) in [4.78, 5) is 8.50. The van der Waals surface area contributed by atoms with Crippen LogP contribution in [0, 0.1) is 0 Å². The minimum Gasteiger partial charge on any atom is -0.264 e. The lowest BCUT2D eigenvalue weighted by atomic mass is 9.89. The van der Waals surface area contributed by atoms with Crippen LogP contribution < -0.4 is 0 Å². The second-order valence-corrected chi connectivity index (χ2v) is 5.24. The highest BCUT2D eigenvalue weighted by Crippen LogP contribution is 2.33. The van der Waals surface area contributed by atoms with E-state index in [0.717, 1.165) is 0 Å². The van der Waals surface area contributed by atoms with Crippen molar-refractivity contribution >= 4 is 0 Å². The van der Waals surface area contributed by atoms with E-state index in [-0.39, 0.29) is 0 Å². The molecule has 2 aromatic rings. The van der Waals surface area contributed by atoms with Gasteiger partial charge in [-0.15, -0.1) is 0 Å². The van der Waals surface area contributed by atoms with E-state index < -0.39 is 0 Å². The number of hydrogen-bond donors (Lipinski definition) is 0. The lowest BCUT2D eigenvalue weighted by Crippen LogP contribution is -1.98. The Bertz CT molecular complexity index is 481. The third-order valence-electron chi connectivity index (χ3n) is 3.24. The Hall–Kier alpha value is -1.70. The van der Waals surface area contributed by atoms with Crippen molar-refractivity contribution in [1.29, 1.82) is 0 Å². The van der Waals surface area contributed by atoms with Gasteiger partial charge in [-0.05, 0) is 46.2 Å². The zero-order chi connectivity index (χ0) is 13.1. The molecular formula is C16H20N2. The number of hydrogen-bond acceptors (Lipinski definition) is 2. The fraction of sp³-hybridized carbons (Fsp3) is 0.375. The molecule has 0 atom stereocenters. The third-order valence-corrected chi connectivity index (χ3v) is 3.24. The van der Waals surface area contributed by atoms with Gasteiger partial charge in [0.1, 0.15) is 0 Å². The van der Waals surface area contributed by atoms with Crippen LogP contribution in [0.5, 0.6) is 0 Å². The SMILES string of the molecule is CC(C)c1cnccc1-c1ccncc1C(C)C. The number of rotatable bonds is 3. The highest BCUT2D eigenvalue weighted by Gasteiger charge is 2.13. The summed E-state index contributed by atoms with van der Waals surface area (Å²) in [7, 11) is 0. The van der Waals surface area contributed by atoms with Crippen LogP contribution in [0.15, 0.2) is 36.9 Å². The molecule has 2 heterocycles. The van der Waals surface area contributed by atoms with E-state index in [9.17, 15) is 0 Å². The van der Waals surface area contributed by atoms with Gasteiger partial charge in [0.25, 0.3) is 0 Å². The summed E-state index contributed by atoms with van der Waals surface area (Å²) in [5.41, 5.74) is 5.16. The van der Waals surface area contributed by atoms with E-state index in [0.29, 0.717) is 11.8 Å². The van der Waals surface area contributed by atoms with Crippen LogP contribution in [0.25, 0.3) is 11.1 Å². The van der Waals surface area contributed by atoms with Crippen molar-refractivity contribution < 1.29 is 0 Å². The van der Waals surface area contributed by atoms with E-state index >= 15 is 0 Å². The summed E-state index contributed by atoms with van der Waals surface area (Å²) in [5, 5.41) is 0. The Labute approximate surface area is 109 Å². The molecule has 0 aliphatic carbocycles. The van der Waals surface area contributed by atoms with Gasteiger partial charge in [0.05, 0.1) is 0 Å². The Morgan fingerprint density at radius 2 is 1.11 bits per heavy atom. The zero-order valence-corrected chi connectivity index (χ0v) is 11.5. The molecule has 0 N–H and O–H groups in total. The first kappa shape index (κ1) is 12.7. The monoisotopic (exact) mass is 240 g/mol. The summed E-state index contributed by atoms with van der Waals surface area (Å²) >= 11 is 0. The van der Waals surface area contributed by atoms with Crippen LogP contribution in [0.1, 0.15) is 50.7 Å². The molecule has 2 rings (SSSR count). The molecule has 18 heavy (non-hydrogen) atoms. The molecule has 0 bridgehead atoms. The van der Waals surface area contributed by atoms with Gasteiger partial charge in [0.15, 0.2) is 0 Å². The minimum atomic E-state index is 0.474. The fourth-order valence-electron chi connectivity index (χ4n) is 2.22. The molecule has 0 aromatic carbocycles. The molecule has 94 valence electrons. The second kappa shape index (κ2) is 5.30. The van der Waals surface area contributed by atoms with E-state index in [1.807, 2.05) is 24.8 Å². The molecule has 0 aliphatic heterocycles. The molecule has 0 aliphatic rings. The van der Waals surface area contributed by atoms with Gasteiger partial charge in [-0.3, -0.25) is 9.97 Å². The molecule has 0 saturated heterocycles. The first-order chi connectivity index (χ1) is 8.61. The molecule has 0 radical (unpaired) electrons. The zero-order valence-electron chi connectivity index (χ0n) is 11.5. The van der Waals surface area contributed by atoms with Crippen LogP contribution >= 0.6 is 0 Å². The van der Waals surface area contributed by atoms with Crippen molar-refractivity contribution in [2.75, 3.05) is 0 Å². The number of nitrogens with zero attached hydrogens (tertiary/aromatic N) is 2. The quantitative estimate of drug-likeness (QED) is 0.795. The van der Waals surface area contributed by atoms with E-state index in [1.54, 1.807) is 0 Å². The molecule has 0 spiro atoms. The Morgan fingerprint density at radius 1 is 0.722 bits per heavy atom. The summed E-state index contributed by atoms with van der Waals surface area (Å²) in [6, 6.07) is 4.22. The standard InChI is InChI=1S/C16H20N2/c1-11(2)15-9-17-7-5-13(15)14-6-8-18-10-16(14)12(3)4/h5-12H,1-4H3. The summed E-state index contributed by atoms with van der Waals surface area (Å²) in [6.45, 7) is 8.82. The maximum atomic E-state index is 4.25. The van der Waals surface area contributed by atoms with Crippen molar-refractivity contribution in [2.24, 2.45) is 0 Å². The second-order valence-electron chi connectivity index (χ2n) is 5.24. The average molecular weight is 240 g/mol. The third kappa shape index (κ3) is 2.42. The van der Waals surface area contributed by atoms with Gasteiger partial charge in [0, 0.05) is 24.8 Å². The minimum absolute atomic E-state index is 0.474. The molecular weight excluding hydrogens is 220 g/mol. The Kier molecular flexibility index (Phi) is 3.75. The highest BCUT2D eigenvalue weighted by atomic mass is 14.6. The smallest absolute Gasteiger partial charge is 0.0308 e. The van der Waals surface area contributed by atoms with Crippen molar-refractivity contribution in [3.05, 3.63) is 48.0 Å². The van der Waals surface area contributed by atoms with E-state index in [4.69, 9.17) is 0 Å².